The van der Waals surface area contributed by atoms with E-state index in [1.54, 1.807) is 0 Å². The topological polar surface area (TPSA) is 285 Å². The summed E-state index contributed by atoms with van der Waals surface area (Å²) in [5, 5.41) is 51.2. The lowest BCUT2D eigenvalue weighted by Crippen LogP contribution is -2.64. The van der Waals surface area contributed by atoms with Crippen LogP contribution in [0.5, 0.6) is 0 Å². The Morgan fingerprint density at radius 1 is 0.515 bits per heavy atom. The first-order valence-corrected chi connectivity index (χ1v) is 27.9. The summed E-state index contributed by atoms with van der Waals surface area (Å²) in [5.74, 6) is -1.00. The Balaban J connectivity index is 2.59. The Kier molecular flexibility index (Phi) is 37.1. The summed E-state index contributed by atoms with van der Waals surface area (Å²) in [7, 11) is -10.6. The van der Waals surface area contributed by atoms with Gasteiger partial charge in [0, 0.05) is 12.8 Å². The zero-order valence-electron chi connectivity index (χ0n) is 40.6. The van der Waals surface area contributed by atoms with Gasteiger partial charge < -0.3 is 54.4 Å². The van der Waals surface area contributed by atoms with E-state index in [4.69, 9.17) is 33.0 Å². The standard InChI is InChI=1S/C48H86O18P2/c1-3-5-7-9-11-13-15-17-19-21-23-25-27-29-31-33-41(50)62-38-40(64-42(51)34-32-30-28-26-24-22-20-18-16-14-12-10-8-6-4-2)37-61-35-39(49)36-63-68(59,60)66-48-45(54)43(52)44(53)47(46(48)55)65-67(56,57)58/h11,13-14,16-17,19,23,25,39-40,43-49,52-55H,3-10,12,15,18,20-22,24,26-38H2,1-2H3,(H,59,60)(H2,56,57,58)/b13-11-,16-14-,19-17-,25-23-/t39-,40+,43?,44?,45?,46?,47-,48+/m1/s1. The fraction of sp³-hybridized carbons (Fsp3) is 0.792. The molecule has 1 rings (SSSR count). The highest BCUT2D eigenvalue weighted by Crippen LogP contribution is 2.48. The number of ether oxygens (including phenoxy) is 3. The van der Waals surface area contributed by atoms with Gasteiger partial charge in [0.25, 0.3) is 0 Å². The molecule has 18 nitrogen and oxygen atoms in total. The lowest BCUT2D eigenvalue weighted by atomic mass is 9.85. The second kappa shape index (κ2) is 39.5. The minimum Gasteiger partial charge on any atom is -0.462 e. The molecule has 0 spiro atoms. The molecule has 0 aliphatic heterocycles. The Hall–Kier alpha value is -2.12. The molecule has 1 aliphatic rings. The van der Waals surface area contributed by atoms with Crippen LogP contribution in [0.15, 0.2) is 48.6 Å². The first-order chi connectivity index (χ1) is 32.5. The van der Waals surface area contributed by atoms with E-state index in [9.17, 15) is 49.1 Å². The summed E-state index contributed by atoms with van der Waals surface area (Å²) < 4.78 is 54.2. The molecule has 1 fully saturated rings. The summed E-state index contributed by atoms with van der Waals surface area (Å²) in [6.45, 7) is 2.32. The van der Waals surface area contributed by atoms with E-state index in [0.29, 0.717) is 12.8 Å². The van der Waals surface area contributed by atoms with E-state index in [-0.39, 0.29) is 26.1 Å². The Morgan fingerprint density at radius 2 is 0.956 bits per heavy atom. The van der Waals surface area contributed by atoms with Crippen molar-refractivity contribution >= 4 is 27.6 Å². The SMILES string of the molecule is CCCCC/C=C\C/C=C\C/C=C\CCCCC(=O)OC[C@H](COC[C@@H](O)COP(=O)(O)O[C@H]1C(O)C(O)C(O)[C@@H](OP(=O)(O)O)C1O)OC(=O)CCCCCCCCC/C=C\CCCCCC. The van der Waals surface area contributed by atoms with Crippen molar-refractivity contribution in [3.8, 4) is 0 Å². The molecule has 1 aliphatic carbocycles. The van der Waals surface area contributed by atoms with Gasteiger partial charge in [-0.05, 0) is 77.0 Å². The Labute approximate surface area is 405 Å². The minimum absolute atomic E-state index is 0.141. The molecular formula is C48H86O18P2. The fourth-order valence-corrected chi connectivity index (χ4v) is 8.66. The van der Waals surface area contributed by atoms with Gasteiger partial charge in [0.15, 0.2) is 6.10 Å². The third-order valence-electron chi connectivity index (χ3n) is 11.0. The number of carbonyl (C=O) groups excluding carboxylic acids is 2. The summed E-state index contributed by atoms with van der Waals surface area (Å²) >= 11 is 0. The summed E-state index contributed by atoms with van der Waals surface area (Å²) in [6.07, 6.45) is 24.6. The van der Waals surface area contributed by atoms with Gasteiger partial charge in [0.05, 0.1) is 19.8 Å². The molecule has 396 valence electrons. The van der Waals surface area contributed by atoms with Gasteiger partial charge in [-0.25, -0.2) is 9.13 Å². The Morgan fingerprint density at radius 3 is 1.53 bits per heavy atom. The number of aliphatic hydroxyl groups excluding tert-OH is 5. The number of aliphatic hydroxyl groups is 5. The van der Waals surface area contributed by atoms with Crippen LogP contribution in [0.2, 0.25) is 0 Å². The summed E-state index contributed by atoms with van der Waals surface area (Å²) in [4.78, 5) is 53.8. The average molecular weight is 1010 g/mol. The van der Waals surface area contributed by atoms with Gasteiger partial charge in [-0.2, -0.15) is 0 Å². The van der Waals surface area contributed by atoms with Crippen molar-refractivity contribution in [2.24, 2.45) is 0 Å². The van der Waals surface area contributed by atoms with Crippen molar-refractivity contribution in [3.63, 3.8) is 0 Å². The van der Waals surface area contributed by atoms with Crippen molar-refractivity contribution in [2.45, 2.75) is 217 Å². The largest absolute Gasteiger partial charge is 0.472 e. The monoisotopic (exact) mass is 1010 g/mol. The molecule has 68 heavy (non-hydrogen) atoms. The van der Waals surface area contributed by atoms with E-state index >= 15 is 0 Å². The van der Waals surface area contributed by atoms with Crippen LogP contribution >= 0.6 is 15.6 Å². The predicted octanol–water partition coefficient (Wildman–Crippen LogP) is 7.88. The zero-order valence-corrected chi connectivity index (χ0v) is 42.4. The number of allylic oxidation sites excluding steroid dienone is 8. The summed E-state index contributed by atoms with van der Waals surface area (Å²) in [6, 6.07) is 0. The lowest BCUT2D eigenvalue weighted by molar-refractivity contribution is -0.216. The van der Waals surface area contributed by atoms with Crippen LogP contribution in [0.3, 0.4) is 0 Å². The highest BCUT2D eigenvalue weighted by atomic mass is 31.2. The van der Waals surface area contributed by atoms with Crippen LogP contribution in [0.25, 0.3) is 0 Å². The van der Waals surface area contributed by atoms with Gasteiger partial charge in [-0.15, -0.1) is 0 Å². The molecule has 0 aromatic rings. The number of phosphoric acid groups is 2. The maximum absolute atomic E-state index is 12.8. The van der Waals surface area contributed by atoms with Gasteiger partial charge >= 0.3 is 27.6 Å². The normalized spacial score (nSPS) is 22.1. The lowest BCUT2D eigenvalue weighted by Gasteiger charge is -2.43. The molecule has 0 aromatic carbocycles. The molecule has 0 radical (unpaired) electrons. The third kappa shape index (κ3) is 33.5. The highest BCUT2D eigenvalue weighted by molar-refractivity contribution is 7.47. The Bertz CT molecular complexity index is 1520. The van der Waals surface area contributed by atoms with Gasteiger partial charge in [0.2, 0.25) is 0 Å². The van der Waals surface area contributed by atoms with Crippen molar-refractivity contribution in [2.75, 3.05) is 26.4 Å². The number of rotatable bonds is 42. The van der Waals surface area contributed by atoms with E-state index in [1.807, 2.05) is 0 Å². The van der Waals surface area contributed by atoms with Crippen LogP contribution in [0, 0.1) is 0 Å². The maximum Gasteiger partial charge on any atom is 0.472 e. The number of hydrogen-bond donors (Lipinski definition) is 8. The molecule has 0 heterocycles. The molecule has 0 bridgehead atoms. The minimum atomic E-state index is -5.36. The maximum atomic E-state index is 12.8. The summed E-state index contributed by atoms with van der Waals surface area (Å²) in [5.41, 5.74) is 0. The van der Waals surface area contributed by atoms with Crippen molar-refractivity contribution in [1.82, 2.24) is 0 Å². The molecule has 5 unspecified atom stereocenters. The second-order valence-electron chi connectivity index (χ2n) is 17.3. The van der Waals surface area contributed by atoms with Crippen molar-refractivity contribution in [1.29, 1.82) is 0 Å². The molecule has 9 atom stereocenters. The highest BCUT2D eigenvalue weighted by Gasteiger charge is 2.54. The second-order valence-corrected chi connectivity index (χ2v) is 19.9. The third-order valence-corrected chi connectivity index (χ3v) is 12.5. The van der Waals surface area contributed by atoms with Gasteiger partial charge in [0.1, 0.15) is 49.3 Å². The average Bonchev–Trinajstić information content (AvgIpc) is 3.29. The van der Waals surface area contributed by atoms with Crippen LogP contribution in [-0.2, 0) is 46.5 Å². The van der Waals surface area contributed by atoms with E-state index in [0.717, 1.165) is 83.5 Å². The molecule has 0 amide bonds. The first kappa shape index (κ1) is 63.9. The van der Waals surface area contributed by atoms with Crippen LogP contribution in [0.4, 0.5) is 0 Å². The van der Waals surface area contributed by atoms with Crippen LogP contribution in [-0.4, -0.2) is 127 Å². The molecular weight excluding hydrogens is 926 g/mol. The van der Waals surface area contributed by atoms with E-state index in [2.05, 4.69) is 67.0 Å². The van der Waals surface area contributed by atoms with Crippen molar-refractivity contribution in [3.05, 3.63) is 48.6 Å². The fourth-order valence-electron chi connectivity index (χ4n) is 7.12. The molecule has 0 saturated heterocycles. The van der Waals surface area contributed by atoms with Crippen LogP contribution < -0.4 is 0 Å². The number of unbranched alkanes of at least 4 members (excludes halogenated alkanes) is 16. The number of hydrogen-bond acceptors (Lipinski definition) is 15. The number of phosphoric ester groups is 2. The van der Waals surface area contributed by atoms with Crippen molar-refractivity contribution < 1.29 is 86.7 Å². The number of esters is 2. The zero-order chi connectivity index (χ0) is 50.5. The van der Waals surface area contributed by atoms with Gasteiger partial charge in [-0.3, -0.25) is 23.2 Å². The van der Waals surface area contributed by atoms with E-state index < -0.39 is 89.6 Å². The molecule has 0 aromatic heterocycles. The molecule has 1 saturated carbocycles. The predicted molar refractivity (Wildman–Crippen MR) is 258 cm³/mol. The van der Waals surface area contributed by atoms with Gasteiger partial charge in [-0.1, -0.05) is 127 Å². The molecule has 8 N–H and O–H groups in total. The smallest absolute Gasteiger partial charge is 0.462 e. The number of carbonyl (C=O) groups is 2. The molecule has 20 heteroatoms. The van der Waals surface area contributed by atoms with E-state index in [1.165, 1.54) is 44.9 Å². The van der Waals surface area contributed by atoms with Crippen LogP contribution in [0.1, 0.15) is 168 Å². The quantitative estimate of drug-likeness (QED) is 0.0125. The first-order valence-electron chi connectivity index (χ1n) is 24.8.